The minimum Gasteiger partial charge on any atom is -0.378 e. The SMILES string of the molecule is O=C(c1ccc(I)cc1S(=O)(=O)Nc1cccc2nccnc12)N1CCOCC1. The molecule has 1 amide bonds. The van der Waals surface area contributed by atoms with E-state index in [2.05, 4.69) is 14.7 Å². The first-order valence-electron chi connectivity index (χ1n) is 8.85. The molecule has 1 fully saturated rings. The number of hydrogen-bond acceptors (Lipinski definition) is 6. The van der Waals surface area contributed by atoms with E-state index in [-0.39, 0.29) is 16.4 Å². The Bertz CT molecular complexity index is 1170. The molecule has 0 aliphatic carbocycles. The van der Waals surface area contributed by atoms with E-state index in [4.69, 9.17) is 4.74 Å². The molecule has 2 heterocycles. The Morgan fingerprint density at radius 2 is 1.86 bits per heavy atom. The summed E-state index contributed by atoms with van der Waals surface area (Å²) in [5.41, 5.74) is 1.44. The van der Waals surface area contributed by atoms with Gasteiger partial charge in [0.25, 0.3) is 15.9 Å². The maximum Gasteiger partial charge on any atom is 0.262 e. The van der Waals surface area contributed by atoms with E-state index in [0.717, 1.165) is 0 Å². The molecule has 1 saturated heterocycles. The van der Waals surface area contributed by atoms with Crippen LogP contribution in [0.4, 0.5) is 5.69 Å². The van der Waals surface area contributed by atoms with Crippen LogP contribution in [-0.2, 0) is 14.8 Å². The second-order valence-electron chi connectivity index (χ2n) is 6.38. The summed E-state index contributed by atoms with van der Waals surface area (Å²) in [7, 11) is -4.04. The molecule has 10 heteroatoms. The minimum atomic E-state index is -4.04. The fraction of sp³-hybridized carbons (Fsp3) is 0.211. The van der Waals surface area contributed by atoms with Gasteiger partial charge in [0.1, 0.15) is 10.4 Å². The summed E-state index contributed by atoms with van der Waals surface area (Å²) in [5.74, 6) is -0.331. The number of para-hydroxylation sites is 1. The van der Waals surface area contributed by atoms with Gasteiger partial charge < -0.3 is 9.64 Å². The summed E-state index contributed by atoms with van der Waals surface area (Å²) in [6, 6.07) is 9.83. The van der Waals surface area contributed by atoms with Crippen molar-refractivity contribution in [2.45, 2.75) is 4.90 Å². The van der Waals surface area contributed by atoms with E-state index < -0.39 is 10.0 Å². The van der Waals surface area contributed by atoms with Crippen molar-refractivity contribution in [3.63, 3.8) is 0 Å². The van der Waals surface area contributed by atoms with Crippen LogP contribution >= 0.6 is 22.6 Å². The van der Waals surface area contributed by atoms with E-state index in [1.54, 1.807) is 41.4 Å². The van der Waals surface area contributed by atoms with Crippen LogP contribution in [0.25, 0.3) is 11.0 Å². The van der Waals surface area contributed by atoms with Gasteiger partial charge in [0.15, 0.2) is 0 Å². The zero-order valence-electron chi connectivity index (χ0n) is 15.2. The number of nitrogens with zero attached hydrogens (tertiary/aromatic N) is 3. The Labute approximate surface area is 181 Å². The largest absolute Gasteiger partial charge is 0.378 e. The maximum atomic E-state index is 13.2. The summed E-state index contributed by atoms with van der Waals surface area (Å²) in [6.45, 7) is 1.73. The summed E-state index contributed by atoms with van der Waals surface area (Å²) in [6.07, 6.45) is 3.04. The molecule has 0 unspecified atom stereocenters. The topological polar surface area (TPSA) is 101 Å². The molecule has 1 aromatic heterocycles. The molecule has 8 nitrogen and oxygen atoms in total. The van der Waals surface area contributed by atoms with Gasteiger partial charge in [-0.1, -0.05) is 6.07 Å². The van der Waals surface area contributed by atoms with Crippen LogP contribution in [0.2, 0.25) is 0 Å². The zero-order chi connectivity index (χ0) is 20.4. The predicted molar refractivity (Wildman–Crippen MR) is 116 cm³/mol. The van der Waals surface area contributed by atoms with Crippen molar-refractivity contribution in [3.8, 4) is 0 Å². The molecule has 2 aromatic carbocycles. The number of carbonyl (C=O) groups excluding carboxylic acids is 1. The van der Waals surface area contributed by atoms with E-state index in [9.17, 15) is 13.2 Å². The van der Waals surface area contributed by atoms with Crippen LogP contribution in [-0.4, -0.2) is 55.5 Å². The lowest BCUT2D eigenvalue weighted by Gasteiger charge is -2.27. The highest BCUT2D eigenvalue weighted by atomic mass is 127. The molecule has 1 N–H and O–H groups in total. The van der Waals surface area contributed by atoms with E-state index >= 15 is 0 Å². The summed E-state index contributed by atoms with van der Waals surface area (Å²) < 4.78 is 35.1. The van der Waals surface area contributed by atoms with Crippen LogP contribution in [0.5, 0.6) is 0 Å². The second kappa shape index (κ2) is 8.20. The number of ether oxygens (including phenoxy) is 1. The molecule has 3 aromatic rings. The number of anilines is 1. The Kier molecular flexibility index (Phi) is 5.65. The van der Waals surface area contributed by atoms with Crippen molar-refractivity contribution >= 4 is 55.2 Å². The van der Waals surface area contributed by atoms with Crippen LogP contribution in [0, 0.1) is 3.57 Å². The van der Waals surface area contributed by atoms with Crippen LogP contribution in [0.15, 0.2) is 53.7 Å². The number of sulfonamides is 1. The number of rotatable bonds is 4. The van der Waals surface area contributed by atoms with E-state index in [1.807, 2.05) is 22.6 Å². The molecule has 0 atom stereocenters. The lowest BCUT2D eigenvalue weighted by Crippen LogP contribution is -2.41. The number of halogens is 1. The van der Waals surface area contributed by atoms with Crippen molar-refractivity contribution in [1.29, 1.82) is 0 Å². The van der Waals surface area contributed by atoms with Crippen LogP contribution < -0.4 is 4.72 Å². The molecule has 29 heavy (non-hydrogen) atoms. The Morgan fingerprint density at radius 1 is 1.10 bits per heavy atom. The minimum absolute atomic E-state index is 0.0678. The maximum absolute atomic E-state index is 13.2. The first-order valence-corrected chi connectivity index (χ1v) is 11.4. The van der Waals surface area contributed by atoms with Gasteiger partial charge >= 0.3 is 0 Å². The molecule has 0 spiro atoms. The molecule has 0 radical (unpaired) electrons. The summed E-state index contributed by atoms with van der Waals surface area (Å²) >= 11 is 2.03. The highest BCUT2D eigenvalue weighted by molar-refractivity contribution is 14.1. The predicted octanol–water partition coefficient (Wildman–Crippen LogP) is 2.51. The third-order valence-electron chi connectivity index (χ3n) is 4.50. The Morgan fingerprint density at radius 3 is 2.66 bits per heavy atom. The molecule has 4 rings (SSSR count). The average molecular weight is 524 g/mol. The fourth-order valence-corrected chi connectivity index (χ4v) is 5.10. The third-order valence-corrected chi connectivity index (χ3v) is 6.58. The molecule has 0 bridgehead atoms. The first-order chi connectivity index (χ1) is 14.0. The third kappa shape index (κ3) is 4.19. The smallest absolute Gasteiger partial charge is 0.262 e. The van der Waals surface area contributed by atoms with Crippen LogP contribution in [0.1, 0.15) is 10.4 Å². The molecule has 150 valence electrons. The second-order valence-corrected chi connectivity index (χ2v) is 9.28. The number of nitrogens with one attached hydrogen (secondary N) is 1. The number of fused-ring (bicyclic) bond motifs is 1. The standard InChI is InChI=1S/C19H17IN4O4S/c20-13-4-5-14(19(25)24-8-10-28-11-9-24)17(12-13)29(26,27)23-16-3-1-2-15-18(16)22-7-6-21-15/h1-7,12,23H,8-11H2. The van der Waals surface area contributed by atoms with Gasteiger partial charge in [-0.15, -0.1) is 0 Å². The number of morpholine rings is 1. The van der Waals surface area contributed by atoms with Crippen molar-refractivity contribution < 1.29 is 17.9 Å². The van der Waals surface area contributed by atoms with Crippen molar-refractivity contribution in [3.05, 3.63) is 57.9 Å². The molecule has 1 aliphatic heterocycles. The van der Waals surface area contributed by atoms with E-state index in [1.165, 1.54) is 12.3 Å². The van der Waals surface area contributed by atoms with Crippen molar-refractivity contribution in [2.75, 3.05) is 31.0 Å². The van der Waals surface area contributed by atoms with Gasteiger partial charge in [-0.05, 0) is 52.9 Å². The zero-order valence-corrected chi connectivity index (χ0v) is 18.2. The van der Waals surface area contributed by atoms with Crippen LogP contribution in [0.3, 0.4) is 0 Å². The number of hydrogen-bond donors (Lipinski definition) is 1. The lowest BCUT2D eigenvalue weighted by molar-refractivity contribution is 0.0300. The van der Waals surface area contributed by atoms with Gasteiger partial charge in [0.05, 0.1) is 30.0 Å². The number of benzene rings is 2. The first kappa shape index (κ1) is 20.0. The Balaban J connectivity index is 1.74. The van der Waals surface area contributed by atoms with Crippen molar-refractivity contribution in [1.82, 2.24) is 14.9 Å². The normalized spacial score (nSPS) is 14.7. The highest BCUT2D eigenvalue weighted by Crippen LogP contribution is 2.26. The van der Waals surface area contributed by atoms with Gasteiger partial charge in [-0.3, -0.25) is 19.5 Å². The summed E-state index contributed by atoms with van der Waals surface area (Å²) in [4.78, 5) is 23.0. The molecular formula is C19H17IN4O4S. The monoisotopic (exact) mass is 524 g/mol. The molecular weight excluding hydrogens is 507 g/mol. The average Bonchev–Trinajstić information content (AvgIpc) is 2.74. The summed E-state index contributed by atoms with van der Waals surface area (Å²) in [5, 5.41) is 0. The van der Waals surface area contributed by atoms with Gasteiger partial charge in [0, 0.05) is 29.1 Å². The Hall–Kier alpha value is -2.31. The quantitative estimate of drug-likeness (QED) is 0.527. The van der Waals surface area contributed by atoms with Gasteiger partial charge in [0.2, 0.25) is 0 Å². The number of aromatic nitrogens is 2. The molecule has 0 saturated carbocycles. The fourth-order valence-electron chi connectivity index (χ4n) is 3.11. The number of carbonyl (C=O) groups is 1. The van der Waals surface area contributed by atoms with E-state index in [0.29, 0.717) is 46.6 Å². The molecule has 1 aliphatic rings. The highest BCUT2D eigenvalue weighted by Gasteiger charge is 2.27. The number of amides is 1. The lowest BCUT2D eigenvalue weighted by atomic mass is 10.2. The van der Waals surface area contributed by atoms with Crippen molar-refractivity contribution in [2.24, 2.45) is 0 Å². The van der Waals surface area contributed by atoms with Gasteiger partial charge in [-0.25, -0.2) is 8.42 Å². The van der Waals surface area contributed by atoms with Gasteiger partial charge in [-0.2, -0.15) is 0 Å².